The second-order valence-electron chi connectivity index (χ2n) is 5.89. The van der Waals surface area contributed by atoms with Crippen molar-refractivity contribution >= 4 is 21.8 Å². The van der Waals surface area contributed by atoms with Gasteiger partial charge < -0.3 is 19.7 Å². The lowest BCUT2D eigenvalue weighted by Gasteiger charge is -2.28. The van der Waals surface area contributed by atoms with E-state index in [1.54, 1.807) is 36.4 Å². The average molecular weight is 395 g/mol. The van der Waals surface area contributed by atoms with Crippen LogP contribution in [0.1, 0.15) is 5.56 Å². The van der Waals surface area contributed by atoms with Gasteiger partial charge in [-0.2, -0.15) is 5.26 Å². The summed E-state index contributed by atoms with van der Waals surface area (Å²) in [7, 11) is -3.74. The van der Waals surface area contributed by atoms with Gasteiger partial charge in [0.2, 0.25) is 0 Å². The normalized spacial score (nSPS) is 15.4. The summed E-state index contributed by atoms with van der Waals surface area (Å²) >= 11 is 0. The summed E-state index contributed by atoms with van der Waals surface area (Å²) in [4.78, 5) is 25.8. The van der Waals surface area contributed by atoms with E-state index in [0.717, 1.165) is 0 Å². The number of benzene rings is 1. The van der Waals surface area contributed by atoms with Crippen molar-refractivity contribution in [3.8, 4) is 6.07 Å². The minimum absolute atomic E-state index is 0.287. The van der Waals surface area contributed by atoms with Crippen LogP contribution in [0.15, 0.2) is 30.3 Å². The van der Waals surface area contributed by atoms with Crippen molar-refractivity contribution in [3.63, 3.8) is 0 Å². The van der Waals surface area contributed by atoms with Gasteiger partial charge in [0.05, 0.1) is 30.8 Å². The van der Waals surface area contributed by atoms with Crippen molar-refractivity contribution in [2.24, 2.45) is 0 Å². The standard InChI is InChI=1S/C17H21N3O6S/c18-6-7-19-16(21)15(26-17(22)20-8-10-25-11-9-20)13-27(23,24)12-14-4-2-1-3-5-14/h1-5,15H,7-13H2,(H,19,21). The highest BCUT2D eigenvalue weighted by atomic mass is 32.2. The molecule has 146 valence electrons. The molecule has 0 bridgehead atoms. The first-order chi connectivity index (χ1) is 12.9. The average Bonchev–Trinajstić information content (AvgIpc) is 2.66. The highest BCUT2D eigenvalue weighted by Gasteiger charge is 2.31. The fourth-order valence-corrected chi connectivity index (χ4v) is 3.96. The number of hydrogen-bond donors (Lipinski definition) is 1. The summed E-state index contributed by atoms with van der Waals surface area (Å²) in [6, 6.07) is 10.2. The van der Waals surface area contributed by atoms with Gasteiger partial charge in [-0.25, -0.2) is 13.2 Å². The molecule has 1 unspecified atom stereocenters. The maximum absolute atomic E-state index is 12.5. The van der Waals surface area contributed by atoms with Crippen LogP contribution in [0.2, 0.25) is 0 Å². The van der Waals surface area contributed by atoms with Gasteiger partial charge in [0.1, 0.15) is 6.54 Å². The second-order valence-corrected chi connectivity index (χ2v) is 8.00. The molecular weight excluding hydrogens is 374 g/mol. The van der Waals surface area contributed by atoms with Crippen molar-refractivity contribution in [3.05, 3.63) is 35.9 Å². The number of carbonyl (C=O) groups is 2. The summed E-state index contributed by atoms with van der Waals surface area (Å²) in [5, 5.41) is 10.8. The van der Waals surface area contributed by atoms with Gasteiger partial charge in [-0.3, -0.25) is 4.79 Å². The molecule has 0 spiro atoms. The van der Waals surface area contributed by atoms with E-state index >= 15 is 0 Å². The van der Waals surface area contributed by atoms with Gasteiger partial charge in [0.25, 0.3) is 5.91 Å². The lowest BCUT2D eigenvalue weighted by atomic mass is 10.2. The Hall–Kier alpha value is -2.64. The molecule has 1 fully saturated rings. The maximum atomic E-state index is 12.5. The first-order valence-corrected chi connectivity index (χ1v) is 10.2. The Kier molecular flexibility index (Phi) is 7.57. The third kappa shape index (κ3) is 6.88. The van der Waals surface area contributed by atoms with Gasteiger partial charge in [0, 0.05) is 13.1 Å². The van der Waals surface area contributed by atoms with Crippen molar-refractivity contribution in [2.45, 2.75) is 11.9 Å². The van der Waals surface area contributed by atoms with E-state index in [9.17, 15) is 18.0 Å². The number of hydrogen-bond acceptors (Lipinski definition) is 7. The molecule has 9 nitrogen and oxygen atoms in total. The Morgan fingerprint density at radius 3 is 2.56 bits per heavy atom. The van der Waals surface area contributed by atoms with Crippen molar-refractivity contribution in [1.82, 2.24) is 10.2 Å². The van der Waals surface area contributed by atoms with Gasteiger partial charge in [-0.05, 0) is 5.56 Å². The largest absolute Gasteiger partial charge is 0.435 e. The highest BCUT2D eigenvalue weighted by molar-refractivity contribution is 7.90. The fraction of sp³-hybridized carbons (Fsp3) is 0.471. The molecule has 2 amide bonds. The molecule has 1 aromatic carbocycles. The minimum atomic E-state index is -3.74. The van der Waals surface area contributed by atoms with Gasteiger partial charge in [-0.15, -0.1) is 0 Å². The summed E-state index contributed by atoms with van der Waals surface area (Å²) < 4.78 is 35.2. The van der Waals surface area contributed by atoms with E-state index in [2.05, 4.69) is 5.32 Å². The molecule has 10 heteroatoms. The van der Waals surface area contributed by atoms with Crippen LogP contribution in [0.25, 0.3) is 0 Å². The van der Waals surface area contributed by atoms with E-state index in [1.807, 2.05) is 0 Å². The molecule has 1 aromatic rings. The number of nitriles is 1. The zero-order valence-corrected chi connectivity index (χ0v) is 15.5. The number of morpholine rings is 1. The molecule has 1 N–H and O–H groups in total. The smallest absolute Gasteiger partial charge is 0.410 e. The number of nitrogens with zero attached hydrogens (tertiary/aromatic N) is 2. The van der Waals surface area contributed by atoms with Crippen LogP contribution in [0.5, 0.6) is 0 Å². The van der Waals surface area contributed by atoms with Crippen LogP contribution in [-0.4, -0.2) is 70.0 Å². The van der Waals surface area contributed by atoms with Crippen molar-refractivity contribution in [2.75, 3.05) is 38.6 Å². The summed E-state index contributed by atoms with van der Waals surface area (Å²) in [5.41, 5.74) is 0.563. The lowest BCUT2D eigenvalue weighted by molar-refractivity contribution is -0.129. The van der Waals surface area contributed by atoms with Gasteiger partial charge >= 0.3 is 6.09 Å². The fourth-order valence-electron chi connectivity index (χ4n) is 2.46. The van der Waals surface area contributed by atoms with Crippen LogP contribution in [0.4, 0.5) is 4.79 Å². The van der Waals surface area contributed by atoms with E-state index in [4.69, 9.17) is 14.7 Å². The zero-order valence-electron chi connectivity index (χ0n) is 14.7. The Balaban J connectivity index is 2.07. The van der Waals surface area contributed by atoms with E-state index in [-0.39, 0.29) is 12.3 Å². The summed E-state index contributed by atoms with van der Waals surface area (Å²) in [6.07, 6.45) is -2.33. The Labute approximate surface area is 157 Å². The minimum Gasteiger partial charge on any atom is -0.435 e. The monoisotopic (exact) mass is 395 g/mol. The Morgan fingerprint density at radius 1 is 1.26 bits per heavy atom. The number of carbonyl (C=O) groups excluding carboxylic acids is 2. The predicted molar refractivity (Wildman–Crippen MR) is 95.2 cm³/mol. The Bertz CT molecular complexity index is 785. The molecule has 27 heavy (non-hydrogen) atoms. The first kappa shape index (κ1) is 20.7. The molecule has 0 aromatic heterocycles. The predicted octanol–water partition coefficient (Wildman–Crippen LogP) is 0.0786. The number of rotatable bonds is 7. The van der Waals surface area contributed by atoms with E-state index in [0.29, 0.717) is 31.9 Å². The summed E-state index contributed by atoms with van der Waals surface area (Å²) in [6.45, 7) is 0.951. The quantitative estimate of drug-likeness (QED) is 0.648. The van der Waals surface area contributed by atoms with Crippen molar-refractivity contribution in [1.29, 1.82) is 5.26 Å². The van der Waals surface area contributed by atoms with Gasteiger partial charge in [0.15, 0.2) is 15.9 Å². The molecule has 1 heterocycles. The summed E-state index contributed by atoms with van der Waals surface area (Å²) in [5.74, 6) is -1.78. The molecule has 1 aliphatic heterocycles. The van der Waals surface area contributed by atoms with Crippen LogP contribution >= 0.6 is 0 Å². The second kappa shape index (κ2) is 9.89. The molecule has 2 rings (SSSR count). The van der Waals surface area contributed by atoms with Crippen LogP contribution < -0.4 is 5.32 Å². The molecule has 0 aliphatic carbocycles. The zero-order chi connectivity index (χ0) is 19.7. The molecular formula is C17H21N3O6S. The van der Waals surface area contributed by atoms with Crippen LogP contribution in [0.3, 0.4) is 0 Å². The topological polar surface area (TPSA) is 126 Å². The molecule has 0 radical (unpaired) electrons. The number of sulfone groups is 1. The SMILES string of the molecule is N#CCNC(=O)C(CS(=O)(=O)Cc1ccccc1)OC(=O)N1CCOCC1. The van der Waals surface area contributed by atoms with E-state index in [1.165, 1.54) is 4.90 Å². The van der Waals surface area contributed by atoms with Crippen LogP contribution in [0, 0.1) is 11.3 Å². The third-order valence-electron chi connectivity index (χ3n) is 3.78. The molecule has 1 aliphatic rings. The van der Waals surface area contributed by atoms with Crippen molar-refractivity contribution < 1.29 is 27.5 Å². The third-order valence-corrected chi connectivity index (χ3v) is 5.36. The number of amides is 2. The maximum Gasteiger partial charge on any atom is 0.410 e. The van der Waals surface area contributed by atoms with Gasteiger partial charge in [-0.1, -0.05) is 30.3 Å². The van der Waals surface area contributed by atoms with E-state index < -0.39 is 33.7 Å². The Morgan fingerprint density at radius 2 is 1.93 bits per heavy atom. The van der Waals surface area contributed by atoms with Crippen LogP contribution in [-0.2, 0) is 29.9 Å². The number of ether oxygens (including phenoxy) is 2. The molecule has 1 saturated heterocycles. The number of nitrogens with one attached hydrogen (secondary N) is 1. The molecule has 0 saturated carbocycles. The first-order valence-electron chi connectivity index (χ1n) is 8.33. The highest BCUT2D eigenvalue weighted by Crippen LogP contribution is 2.11. The lowest BCUT2D eigenvalue weighted by Crippen LogP contribution is -2.47. The molecule has 1 atom stereocenters.